The van der Waals surface area contributed by atoms with Gasteiger partial charge in [-0.1, -0.05) is 6.92 Å². The van der Waals surface area contributed by atoms with Crippen LogP contribution in [0.4, 0.5) is 0 Å². The van der Waals surface area contributed by atoms with Crippen LogP contribution >= 0.6 is 0 Å². The molecule has 0 aromatic carbocycles. The Morgan fingerprint density at radius 2 is 2.25 bits per heavy atom. The molecule has 0 radical (unpaired) electrons. The van der Waals surface area contributed by atoms with E-state index in [9.17, 15) is 4.79 Å². The lowest BCUT2D eigenvalue weighted by atomic mass is 10.2. The molecule has 2 aromatic rings. The van der Waals surface area contributed by atoms with Crippen LogP contribution in [0.2, 0.25) is 0 Å². The molecule has 0 aliphatic heterocycles. The van der Waals surface area contributed by atoms with E-state index in [0.717, 1.165) is 30.1 Å². The molecule has 1 N–H and O–H groups in total. The Balaban J connectivity index is 2.11. The average molecular weight is 276 g/mol. The molecular weight excluding hydrogens is 256 g/mol. The van der Waals surface area contributed by atoms with Gasteiger partial charge in [-0.2, -0.15) is 0 Å². The van der Waals surface area contributed by atoms with Gasteiger partial charge in [-0.05, 0) is 33.3 Å². The zero-order chi connectivity index (χ0) is 14.7. The van der Waals surface area contributed by atoms with Crippen LogP contribution in [-0.2, 0) is 6.54 Å². The number of nitrogens with zero attached hydrogens (tertiary/aromatic N) is 3. The lowest BCUT2D eigenvalue weighted by Crippen LogP contribution is -2.28. The lowest BCUT2D eigenvalue weighted by molar-refractivity contribution is 0.0907. The number of aromatic nitrogens is 3. The summed E-state index contributed by atoms with van der Waals surface area (Å²) in [7, 11) is 0. The van der Waals surface area contributed by atoms with Crippen molar-refractivity contribution in [3.63, 3.8) is 0 Å². The maximum atomic E-state index is 12.2. The lowest BCUT2D eigenvalue weighted by Gasteiger charge is -2.13. The van der Waals surface area contributed by atoms with E-state index in [1.807, 2.05) is 31.4 Å². The molecule has 0 bridgehead atoms. The molecule has 1 atom stereocenters. The van der Waals surface area contributed by atoms with Crippen LogP contribution in [0.1, 0.15) is 54.0 Å². The normalized spacial score (nSPS) is 12.4. The first-order valence-electron chi connectivity index (χ1n) is 6.78. The summed E-state index contributed by atoms with van der Waals surface area (Å²) in [6, 6.07) is 1.63. The number of furan rings is 1. The second-order valence-corrected chi connectivity index (χ2v) is 4.95. The van der Waals surface area contributed by atoms with Gasteiger partial charge in [0.1, 0.15) is 12.1 Å². The van der Waals surface area contributed by atoms with Crippen molar-refractivity contribution >= 4 is 5.91 Å². The number of rotatable bonds is 5. The van der Waals surface area contributed by atoms with E-state index >= 15 is 0 Å². The number of aryl methyl sites for hydroxylation is 3. The SMILES string of the molecule is CCCn1cnnc1C(C)NC(=O)c1oc(C)cc1C. The van der Waals surface area contributed by atoms with E-state index in [4.69, 9.17) is 4.42 Å². The van der Waals surface area contributed by atoms with E-state index in [2.05, 4.69) is 22.4 Å². The average Bonchev–Trinajstić information content (AvgIpc) is 2.96. The van der Waals surface area contributed by atoms with Crippen molar-refractivity contribution in [1.29, 1.82) is 0 Å². The smallest absolute Gasteiger partial charge is 0.287 e. The molecule has 0 saturated heterocycles. The molecule has 0 fully saturated rings. The predicted octanol–water partition coefficient (Wildman–Crippen LogP) is 2.39. The Morgan fingerprint density at radius 1 is 1.50 bits per heavy atom. The topological polar surface area (TPSA) is 73.0 Å². The summed E-state index contributed by atoms with van der Waals surface area (Å²) in [6.07, 6.45) is 2.67. The number of hydrogen-bond acceptors (Lipinski definition) is 4. The predicted molar refractivity (Wildman–Crippen MR) is 74.4 cm³/mol. The highest BCUT2D eigenvalue weighted by molar-refractivity contribution is 5.93. The molecule has 2 rings (SSSR count). The Morgan fingerprint density at radius 3 is 2.85 bits per heavy atom. The Bertz CT molecular complexity index is 600. The third-order valence-electron chi connectivity index (χ3n) is 3.09. The number of carbonyl (C=O) groups excluding carboxylic acids is 1. The molecule has 0 spiro atoms. The maximum absolute atomic E-state index is 12.2. The summed E-state index contributed by atoms with van der Waals surface area (Å²) >= 11 is 0. The Labute approximate surface area is 118 Å². The van der Waals surface area contributed by atoms with E-state index in [1.165, 1.54) is 0 Å². The summed E-state index contributed by atoms with van der Waals surface area (Å²) in [4.78, 5) is 12.2. The molecule has 2 aromatic heterocycles. The fourth-order valence-electron chi connectivity index (χ4n) is 2.21. The van der Waals surface area contributed by atoms with Crippen molar-refractivity contribution in [2.45, 2.75) is 46.7 Å². The van der Waals surface area contributed by atoms with Gasteiger partial charge in [-0.3, -0.25) is 4.79 Å². The number of hydrogen-bond donors (Lipinski definition) is 1. The number of nitrogens with one attached hydrogen (secondary N) is 1. The molecule has 1 amide bonds. The fourth-order valence-corrected chi connectivity index (χ4v) is 2.21. The van der Waals surface area contributed by atoms with Crippen molar-refractivity contribution in [1.82, 2.24) is 20.1 Å². The second-order valence-electron chi connectivity index (χ2n) is 4.95. The second kappa shape index (κ2) is 5.90. The monoisotopic (exact) mass is 276 g/mol. The highest BCUT2D eigenvalue weighted by Crippen LogP contribution is 2.16. The molecule has 2 heterocycles. The quantitative estimate of drug-likeness (QED) is 0.910. The van der Waals surface area contributed by atoms with Gasteiger partial charge >= 0.3 is 0 Å². The first kappa shape index (κ1) is 14.3. The van der Waals surface area contributed by atoms with E-state index in [0.29, 0.717) is 5.76 Å². The Kier molecular flexibility index (Phi) is 4.22. The van der Waals surface area contributed by atoms with Crippen molar-refractivity contribution in [2.24, 2.45) is 0 Å². The van der Waals surface area contributed by atoms with E-state index in [1.54, 1.807) is 6.33 Å². The van der Waals surface area contributed by atoms with Crippen LogP contribution in [-0.4, -0.2) is 20.7 Å². The highest BCUT2D eigenvalue weighted by Gasteiger charge is 2.20. The van der Waals surface area contributed by atoms with Gasteiger partial charge < -0.3 is 14.3 Å². The van der Waals surface area contributed by atoms with Gasteiger partial charge in [0.15, 0.2) is 11.6 Å². The Hall–Kier alpha value is -2.11. The van der Waals surface area contributed by atoms with Crippen molar-refractivity contribution in [3.05, 3.63) is 35.3 Å². The van der Waals surface area contributed by atoms with Crippen molar-refractivity contribution in [3.8, 4) is 0 Å². The number of amides is 1. The largest absolute Gasteiger partial charge is 0.456 e. The van der Waals surface area contributed by atoms with Gasteiger partial charge in [-0.25, -0.2) is 0 Å². The first-order valence-corrected chi connectivity index (χ1v) is 6.78. The molecular formula is C14H20N4O2. The van der Waals surface area contributed by atoms with Gasteiger partial charge in [-0.15, -0.1) is 10.2 Å². The minimum Gasteiger partial charge on any atom is -0.456 e. The summed E-state index contributed by atoms with van der Waals surface area (Å²) in [5.74, 6) is 1.61. The summed E-state index contributed by atoms with van der Waals surface area (Å²) < 4.78 is 7.37. The minimum absolute atomic E-state index is 0.221. The van der Waals surface area contributed by atoms with Crippen LogP contribution in [0.3, 0.4) is 0 Å². The zero-order valence-corrected chi connectivity index (χ0v) is 12.3. The van der Waals surface area contributed by atoms with Crippen LogP contribution in [0, 0.1) is 13.8 Å². The molecule has 0 saturated carbocycles. The van der Waals surface area contributed by atoms with Crippen LogP contribution < -0.4 is 5.32 Å². The van der Waals surface area contributed by atoms with Gasteiger partial charge in [0.25, 0.3) is 5.91 Å². The molecule has 1 unspecified atom stereocenters. The fraction of sp³-hybridized carbons (Fsp3) is 0.500. The summed E-state index contributed by atoms with van der Waals surface area (Å²) in [5.41, 5.74) is 0.835. The molecule has 6 nitrogen and oxygen atoms in total. The standard InChI is InChI=1S/C14H20N4O2/c1-5-6-18-8-15-17-13(18)11(4)16-14(19)12-9(2)7-10(3)20-12/h7-8,11H,5-6H2,1-4H3,(H,16,19). The van der Waals surface area contributed by atoms with Crippen LogP contribution in [0.15, 0.2) is 16.8 Å². The molecule has 0 aliphatic carbocycles. The third kappa shape index (κ3) is 2.89. The van der Waals surface area contributed by atoms with E-state index < -0.39 is 0 Å². The van der Waals surface area contributed by atoms with Crippen molar-refractivity contribution < 1.29 is 9.21 Å². The minimum atomic E-state index is -0.228. The van der Waals surface area contributed by atoms with Gasteiger partial charge in [0.2, 0.25) is 0 Å². The highest BCUT2D eigenvalue weighted by atomic mass is 16.3. The maximum Gasteiger partial charge on any atom is 0.287 e. The molecule has 6 heteroatoms. The molecule has 20 heavy (non-hydrogen) atoms. The summed E-state index contributed by atoms with van der Waals surface area (Å²) in [6.45, 7) is 8.49. The zero-order valence-electron chi connectivity index (χ0n) is 12.3. The van der Waals surface area contributed by atoms with Crippen molar-refractivity contribution in [2.75, 3.05) is 0 Å². The van der Waals surface area contributed by atoms with E-state index in [-0.39, 0.29) is 11.9 Å². The first-order chi connectivity index (χ1) is 9.52. The molecule has 0 aliphatic rings. The van der Waals surface area contributed by atoms with Gasteiger partial charge in [0.05, 0.1) is 6.04 Å². The molecule has 108 valence electrons. The van der Waals surface area contributed by atoms with Gasteiger partial charge in [0, 0.05) is 12.1 Å². The van der Waals surface area contributed by atoms with Crippen LogP contribution in [0.5, 0.6) is 0 Å². The summed E-state index contributed by atoms with van der Waals surface area (Å²) in [5, 5.41) is 10.9. The van der Waals surface area contributed by atoms with Crippen LogP contribution in [0.25, 0.3) is 0 Å². The number of carbonyl (C=O) groups is 1. The third-order valence-corrected chi connectivity index (χ3v) is 3.09.